The maximum atomic E-state index is 12.8. The van der Waals surface area contributed by atoms with Gasteiger partial charge in [-0.25, -0.2) is 4.98 Å². The molecule has 2 fully saturated rings. The Kier molecular flexibility index (Phi) is 6.36. The minimum atomic E-state index is -0.358. The van der Waals surface area contributed by atoms with Crippen LogP contribution in [-0.2, 0) is 9.53 Å². The molecular weight excluding hydrogens is 336 g/mol. The lowest BCUT2D eigenvalue weighted by molar-refractivity contribution is -0.125. The zero-order valence-corrected chi connectivity index (χ0v) is 14.0. The number of hydrogen-bond acceptors (Lipinski definition) is 6. The van der Waals surface area contributed by atoms with Crippen molar-refractivity contribution in [3.8, 4) is 5.75 Å². The number of ether oxygens (including phenoxy) is 2. The van der Waals surface area contributed by atoms with Crippen LogP contribution < -0.4 is 15.8 Å². The summed E-state index contributed by atoms with van der Waals surface area (Å²) in [4.78, 5) is 30.7. The van der Waals surface area contributed by atoms with Gasteiger partial charge in [-0.3, -0.25) is 9.59 Å². The van der Waals surface area contributed by atoms with E-state index in [9.17, 15) is 9.59 Å². The van der Waals surface area contributed by atoms with Crippen LogP contribution in [-0.4, -0.2) is 67.2 Å². The third-order valence-corrected chi connectivity index (χ3v) is 3.87. The van der Waals surface area contributed by atoms with Crippen LogP contribution in [0.1, 0.15) is 10.5 Å². The molecule has 1 aromatic rings. The highest BCUT2D eigenvalue weighted by Crippen LogP contribution is 2.21. The molecule has 2 saturated heterocycles. The van der Waals surface area contributed by atoms with Crippen molar-refractivity contribution in [3.05, 3.63) is 24.0 Å². The van der Waals surface area contributed by atoms with Crippen molar-refractivity contribution >= 4 is 24.2 Å². The van der Waals surface area contributed by atoms with E-state index in [4.69, 9.17) is 15.2 Å². The molecule has 3 heterocycles. The largest absolute Gasteiger partial charge is 0.490 e. The molecule has 2 atom stereocenters. The van der Waals surface area contributed by atoms with Gasteiger partial charge in [-0.05, 0) is 12.1 Å². The molecule has 0 radical (unpaired) electrons. The summed E-state index contributed by atoms with van der Waals surface area (Å²) in [5, 5.41) is 2.90. The molecule has 3 rings (SSSR count). The number of carbonyl (C=O) groups excluding carboxylic acids is 2. The van der Waals surface area contributed by atoms with Crippen LogP contribution >= 0.6 is 12.4 Å². The van der Waals surface area contributed by atoms with Crippen molar-refractivity contribution in [3.63, 3.8) is 0 Å². The second-order valence-electron chi connectivity index (χ2n) is 5.64. The molecule has 8 nitrogen and oxygen atoms in total. The van der Waals surface area contributed by atoms with Crippen LogP contribution in [0.15, 0.2) is 18.3 Å². The van der Waals surface area contributed by atoms with Crippen LogP contribution in [0.5, 0.6) is 5.75 Å². The number of amides is 2. The maximum absolute atomic E-state index is 12.8. The molecule has 24 heavy (non-hydrogen) atoms. The van der Waals surface area contributed by atoms with Gasteiger partial charge in [0.25, 0.3) is 5.91 Å². The van der Waals surface area contributed by atoms with Gasteiger partial charge in [0, 0.05) is 25.8 Å². The summed E-state index contributed by atoms with van der Waals surface area (Å²) in [6, 6.07) is 3.20. The number of hydrogen-bond donors (Lipinski definition) is 2. The van der Waals surface area contributed by atoms with Gasteiger partial charge in [0.1, 0.15) is 6.61 Å². The van der Waals surface area contributed by atoms with E-state index in [2.05, 4.69) is 10.3 Å². The number of carbonyl (C=O) groups is 2. The Hall–Kier alpha value is -1.90. The van der Waals surface area contributed by atoms with Gasteiger partial charge in [0.05, 0.1) is 25.2 Å². The molecule has 0 spiro atoms. The molecule has 1 aromatic heterocycles. The molecule has 0 aromatic carbocycles. The van der Waals surface area contributed by atoms with Gasteiger partial charge in [0.15, 0.2) is 11.4 Å². The minimum absolute atomic E-state index is 0. The summed E-state index contributed by atoms with van der Waals surface area (Å²) in [5.41, 5.74) is 5.69. The van der Waals surface area contributed by atoms with E-state index in [1.165, 1.54) is 0 Å². The number of rotatable bonds is 4. The van der Waals surface area contributed by atoms with Gasteiger partial charge in [-0.1, -0.05) is 0 Å². The van der Waals surface area contributed by atoms with Crippen molar-refractivity contribution in [2.24, 2.45) is 11.7 Å². The third kappa shape index (κ3) is 3.95. The van der Waals surface area contributed by atoms with Crippen LogP contribution in [0.25, 0.3) is 0 Å². The van der Waals surface area contributed by atoms with Gasteiger partial charge in [-0.2, -0.15) is 0 Å². The highest BCUT2D eigenvalue weighted by molar-refractivity contribution is 5.95. The normalized spacial score (nSPS) is 22.9. The molecule has 0 aliphatic carbocycles. The van der Waals surface area contributed by atoms with Crippen LogP contribution in [0.4, 0.5) is 0 Å². The number of nitrogens with two attached hydrogens (primary N) is 1. The van der Waals surface area contributed by atoms with Crippen LogP contribution in [0.3, 0.4) is 0 Å². The summed E-state index contributed by atoms with van der Waals surface area (Å²) in [5.74, 6) is -0.258. The fraction of sp³-hybridized carbons (Fsp3) is 0.533. The number of fused-ring (bicyclic) bond motifs is 3. The van der Waals surface area contributed by atoms with Crippen molar-refractivity contribution in [1.82, 2.24) is 15.2 Å². The second kappa shape index (κ2) is 8.27. The predicted octanol–water partition coefficient (Wildman–Crippen LogP) is -0.572. The van der Waals surface area contributed by atoms with Gasteiger partial charge in [0.2, 0.25) is 5.91 Å². The number of pyridine rings is 1. The van der Waals surface area contributed by atoms with Gasteiger partial charge >= 0.3 is 0 Å². The summed E-state index contributed by atoms with van der Waals surface area (Å²) in [6.07, 6.45) is 1.55. The number of nitrogens with zero attached hydrogens (tertiary/aromatic N) is 2. The lowest BCUT2D eigenvalue weighted by Crippen LogP contribution is -2.44. The summed E-state index contributed by atoms with van der Waals surface area (Å²) < 4.78 is 11.0. The number of nitrogens with one attached hydrogen (secondary N) is 1. The third-order valence-electron chi connectivity index (χ3n) is 3.87. The number of aromatic nitrogens is 1. The highest BCUT2D eigenvalue weighted by Gasteiger charge is 2.36. The molecule has 2 aliphatic heterocycles. The lowest BCUT2D eigenvalue weighted by atomic mass is 10.1. The van der Waals surface area contributed by atoms with Gasteiger partial charge in [-0.15, -0.1) is 12.4 Å². The maximum Gasteiger partial charge on any atom is 0.276 e. The monoisotopic (exact) mass is 356 g/mol. The average molecular weight is 357 g/mol. The second-order valence-corrected chi connectivity index (χ2v) is 5.64. The topological polar surface area (TPSA) is 107 Å². The van der Waals surface area contributed by atoms with Gasteiger partial charge < -0.3 is 25.4 Å². The van der Waals surface area contributed by atoms with Crippen molar-refractivity contribution in [2.45, 2.75) is 6.04 Å². The molecule has 0 unspecified atom stereocenters. The quantitative estimate of drug-likeness (QED) is 0.748. The summed E-state index contributed by atoms with van der Waals surface area (Å²) in [6.45, 7) is 2.11. The Morgan fingerprint density at radius 3 is 3.08 bits per heavy atom. The lowest BCUT2D eigenvalue weighted by Gasteiger charge is -2.27. The van der Waals surface area contributed by atoms with E-state index in [1.807, 2.05) is 0 Å². The van der Waals surface area contributed by atoms with E-state index in [0.29, 0.717) is 45.2 Å². The molecule has 2 aliphatic rings. The SMILES string of the molecule is Cl.NCCOc1cccnc1C(=O)N1C[C@H]2COC[C@@H](C1)C(=O)N2. The first kappa shape index (κ1) is 18.4. The first-order chi connectivity index (χ1) is 11.2. The zero-order valence-electron chi connectivity index (χ0n) is 13.1. The molecule has 2 bridgehead atoms. The first-order valence-corrected chi connectivity index (χ1v) is 7.64. The number of halogens is 1. The Labute approximate surface area is 146 Å². The Morgan fingerprint density at radius 2 is 2.29 bits per heavy atom. The van der Waals surface area contributed by atoms with Crippen molar-refractivity contribution in [2.75, 3.05) is 39.5 Å². The van der Waals surface area contributed by atoms with E-state index >= 15 is 0 Å². The first-order valence-electron chi connectivity index (χ1n) is 7.64. The Bertz CT molecular complexity index is 601. The summed E-state index contributed by atoms with van der Waals surface area (Å²) in [7, 11) is 0. The molecule has 0 saturated carbocycles. The molecular formula is C15H21ClN4O4. The van der Waals surface area contributed by atoms with E-state index in [1.54, 1.807) is 23.2 Å². The molecule has 9 heteroatoms. The summed E-state index contributed by atoms with van der Waals surface area (Å²) >= 11 is 0. The van der Waals surface area contributed by atoms with Crippen molar-refractivity contribution in [1.29, 1.82) is 0 Å². The van der Waals surface area contributed by atoms with E-state index in [-0.39, 0.29) is 41.9 Å². The zero-order chi connectivity index (χ0) is 16.2. The standard InChI is InChI=1S/C15H20N4O4.ClH/c16-3-5-23-12-2-1-4-17-13(12)15(21)19-6-10-8-22-9-11(7-19)18-14(10)20;/h1-2,4,10-11H,3,5-9,16H2,(H,18,20);1H/t10-,11+;/m1./s1. The fourth-order valence-corrected chi connectivity index (χ4v) is 2.78. The fourth-order valence-electron chi connectivity index (χ4n) is 2.78. The smallest absolute Gasteiger partial charge is 0.276 e. The predicted molar refractivity (Wildman–Crippen MR) is 88.2 cm³/mol. The van der Waals surface area contributed by atoms with Crippen molar-refractivity contribution < 1.29 is 19.1 Å². The average Bonchev–Trinajstić information content (AvgIpc) is 2.81. The van der Waals surface area contributed by atoms with Crippen LogP contribution in [0.2, 0.25) is 0 Å². The minimum Gasteiger partial charge on any atom is -0.490 e. The molecule has 132 valence electrons. The van der Waals surface area contributed by atoms with E-state index in [0.717, 1.165) is 0 Å². The van der Waals surface area contributed by atoms with Crippen LogP contribution in [0, 0.1) is 5.92 Å². The highest BCUT2D eigenvalue weighted by atomic mass is 35.5. The molecule has 2 amide bonds. The Balaban J connectivity index is 0.00000208. The Morgan fingerprint density at radius 1 is 1.46 bits per heavy atom. The van der Waals surface area contributed by atoms with E-state index < -0.39 is 0 Å². The molecule has 3 N–H and O–H groups in total.